The molecule has 0 aliphatic carbocycles. The van der Waals surface area contributed by atoms with Gasteiger partial charge in [-0.25, -0.2) is 0 Å². The van der Waals surface area contributed by atoms with Crippen molar-refractivity contribution in [3.63, 3.8) is 0 Å². The third-order valence-electron chi connectivity index (χ3n) is 2.78. The first kappa shape index (κ1) is 15.2. The second kappa shape index (κ2) is 12.3. The molecule has 0 aromatic heterocycles. The lowest BCUT2D eigenvalue weighted by atomic mass is 10.1. The summed E-state index contributed by atoms with van der Waals surface area (Å²) >= 11 is 6.29. The zero-order valence-electron chi connectivity index (χ0n) is 10.3. The number of rotatable bonds is 11. The molecule has 0 aromatic rings. The molecule has 0 radical (unpaired) electrons. The van der Waals surface area contributed by atoms with Crippen molar-refractivity contribution in [2.24, 2.45) is 0 Å². The van der Waals surface area contributed by atoms with Crippen molar-refractivity contribution in [2.75, 3.05) is 0 Å². The zero-order valence-corrected chi connectivity index (χ0v) is 12.2. The van der Waals surface area contributed by atoms with Crippen molar-refractivity contribution in [2.45, 2.75) is 70.4 Å². The normalized spacial score (nSPS) is 12.7. The highest BCUT2D eigenvalue weighted by atomic mass is 35.6. The molecule has 0 heterocycles. The Labute approximate surface area is 102 Å². The van der Waals surface area contributed by atoms with E-state index in [4.69, 9.17) is 11.1 Å². The van der Waals surface area contributed by atoms with Crippen LogP contribution in [-0.2, 0) is 0 Å². The third kappa shape index (κ3) is 12.2. The van der Waals surface area contributed by atoms with Gasteiger partial charge in [-0.1, -0.05) is 51.5 Å². The molecule has 0 bridgehead atoms. The van der Waals surface area contributed by atoms with Crippen molar-refractivity contribution >= 4 is 19.2 Å². The molecule has 1 atom stereocenters. The lowest BCUT2D eigenvalue weighted by Crippen LogP contribution is -2.01. The molecular weight excluding hydrogens is 220 g/mol. The van der Waals surface area contributed by atoms with Crippen molar-refractivity contribution in [3.8, 4) is 0 Å². The molecule has 1 unspecified atom stereocenters. The maximum absolute atomic E-state index is 6.29. The van der Waals surface area contributed by atoms with Gasteiger partial charge in [0.25, 0.3) is 0 Å². The summed E-state index contributed by atoms with van der Waals surface area (Å²) in [5.74, 6) is 0. The van der Waals surface area contributed by atoms with E-state index in [2.05, 4.69) is 13.5 Å². The van der Waals surface area contributed by atoms with E-state index >= 15 is 0 Å². The molecule has 0 amide bonds. The topological polar surface area (TPSA) is 0 Å². The number of hydrogen-bond acceptors (Lipinski definition) is 0. The van der Waals surface area contributed by atoms with Gasteiger partial charge in [-0.2, -0.15) is 11.1 Å². The highest BCUT2D eigenvalue weighted by Gasteiger charge is 2.04. The van der Waals surface area contributed by atoms with E-state index in [1.807, 2.05) is 6.08 Å². The monoisotopic (exact) mass is 246 g/mol. The Balaban J connectivity index is 3.01. The number of halogens is 1. The zero-order chi connectivity index (χ0) is 11.4. The Bertz CT molecular complexity index is 136. The summed E-state index contributed by atoms with van der Waals surface area (Å²) < 4.78 is 0. The minimum absolute atomic E-state index is 0.813. The average Bonchev–Trinajstić information content (AvgIpc) is 2.22. The summed E-state index contributed by atoms with van der Waals surface area (Å²) in [7, 11) is -0.813. The predicted octanol–water partition coefficient (Wildman–Crippen LogP) is 5.28. The second-order valence-corrected chi connectivity index (χ2v) is 8.57. The first-order chi connectivity index (χ1) is 7.31. The SMILES string of the molecule is C=CCCCCCCCC[SiH](Cl)CCC. The van der Waals surface area contributed by atoms with Crippen molar-refractivity contribution in [1.29, 1.82) is 0 Å². The van der Waals surface area contributed by atoms with Gasteiger partial charge in [0.1, 0.15) is 8.11 Å². The van der Waals surface area contributed by atoms with Crippen LogP contribution in [0.1, 0.15) is 58.3 Å². The number of unbranched alkanes of at least 4 members (excludes halogenated alkanes) is 6. The van der Waals surface area contributed by atoms with Crippen LogP contribution in [0.25, 0.3) is 0 Å². The van der Waals surface area contributed by atoms with Crippen LogP contribution >= 0.6 is 11.1 Å². The van der Waals surface area contributed by atoms with Crippen molar-refractivity contribution in [3.05, 3.63) is 12.7 Å². The van der Waals surface area contributed by atoms with Gasteiger partial charge in [0, 0.05) is 0 Å². The van der Waals surface area contributed by atoms with Crippen LogP contribution in [-0.4, -0.2) is 8.11 Å². The van der Waals surface area contributed by atoms with Gasteiger partial charge in [-0.15, -0.1) is 6.58 Å². The maximum Gasteiger partial charge on any atom is 0.141 e. The van der Waals surface area contributed by atoms with Crippen LogP contribution in [0.4, 0.5) is 0 Å². The summed E-state index contributed by atoms with van der Waals surface area (Å²) in [4.78, 5) is 0. The van der Waals surface area contributed by atoms with Gasteiger partial charge >= 0.3 is 0 Å². The summed E-state index contributed by atoms with van der Waals surface area (Å²) in [6.45, 7) is 5.97. The van der Waals surface area contributed by atoms with Crippen LogP contribution in [0.2, 0.25) is 12.1 Å². The molecule has 0 saturated heterocycles. The number of allylic oxidation sites excluding steroid dienone is 1. The Hall–Kier alpha value is 0.247. The molecule has 0 aliphatic rings. The molecular formula is C13H27ClSi. The molecule has 90 valence electrons. The van der Waals surface area contributed by atoms with E-state index in [0.717, 1.165) is 0 Å². The minimum Gasteiger partial charge on any atom is -0.172 e. The molecule has 0 fully saturated rings. The molecule has 2 heteroatoms. The van der Waals surface area contributed by atoms with E-state index in [9.17, 15) is 0 Å². The second-order valence-electron chi connectivity index (χ2n) is 4.37. The molecule has 0 rings (SSSR count). The van der Waals surface area contributed by atoms with Gasteiger partial charge in [-0.05, 0) is 24.9 Å². The fraction of sp³-hybridized carbons (Fsp3) is 0.846. The van der Waals surface area contributed by atoms with Gasteiger partial charge in [0.2, 0.25) is 0 Å². The standard InChI is InChI=1S/C13H27ClSi/c1-3-5-6-7-8-9-10-11-13-15(14)12-4-2/h3,15H,1,4-13H2,2H3. The minimum atomic E-state index is -0.813. The van der Waals surface area contributed by atoms with Gasteiger partial charge in [0.05, 0.1) is 0 Å². The largest absolute Gasteiger partial charge is 0.172 e. The van der Waals surface area contributed by atoms with E-state index in [1.165, 1.54) is 63.5 Å². The Morgan fingerprint density at radius 3 is 2.20 bits per heavy atom. The summed E-state index contributed by atoms with van der Waals surface area (Å²) in [5.41, 5.74) is 0. The van der Waals surface area contributed by atoms with Crippen molar-refractivity contribution in [1.82, 2.24) is 0 Å². The lowest BCUT2D eigenvalue weighted by Gasteiger charge is -2.05. The van der Waals surface area contributed by atoms with Crippen LogP contribution in [0.15, 0.2) is 12.7 Å². The van der Waals surface area contributed by atoms with Crippen LogP contribution in [0.5, 0.6) is 0 Å². The van der Waals surface area contributed by atoms with Gasteiger partial charge in [0.15, 0.2) is 0 Å². The smallest absolute Gasteiger partial charge is 0.141 e. The molecule has 0 spiro atoms. The fourth-order valence-electron chi connectivity index (χ4n) is 1.82. The average molecular weight is 247 g/mol. The molecule has 0 aliphatic heterocycles. The Kier molecular flexibility index (Phi) is 12.5. The quantitative estimate of drug-likeness (QED) is 0.202. The van der Waals surface area contributed by atoms with E-state index in [-0.39, 0.29) is 0 Å². The molecule has 0 aromatic carbocycles. The molecule has 15 heavy (non-hydrogen) atoms. The van der Waals surface area contributed by atoms with Crippen LogP contribution < -0.4 is 0 Å². The van der Waals surface area contributed by atoms with Crippen molar-refractivity contribution < 1.29 is 0 Å². The predicted molar refractivity (Wildman–Crippen MR) is 75.4 cm³/mol. The lowest BCUT2D eigenvalue weighted by molar-refractivity contribution is 0.610. The maximum atomic E-state index is 6.29. The van der Waals surface area contributed by atoms with Crippen LogP contribution in [0, 0.1) is 0 Å². The summed E-state index contributed by atoms with van der Waals surface area (Å²) in [6.07, 6.45) is 12.8. The van der Waals surface area contributed by atoms with Gasteiger partial charge < -0.3 is 0 Å². The summed E-state index contributed by atoms with van der Waals surface area (Å²) in [6, 6.07) is 2.67. The Morgan fingerprint density at radius 1 is 1.00 bits per heavy atom. The molecule has 0 N–H and O–H groups in total. The van der Waals surface area contributed by atoms with E-state index in [1.54, 1.807) is 0 Å². The first-order valence-electron chi connectivity index (χ1n) is 6.56. The summed E-state index contributed by atoms with van der Waals surface area (Å²) in [5, 5.41) is 0. The third-order valence-corrected chi connectivity index (χ3v) is 6.33. The highest BCUT2D eigenvalue weighted by Crippen LogP contribution is 2.14. The van der Waals surface area contributed by atoms with Gasteiger partial charge in [-0.3, -0.25) is 0 Å². The fourth-order valence-corrected chi connectivity index (χ4v) is 4.58. The molecule has 0 nitrogen and oxygen atoms in total. The van der Waals surface area contributed by atoms with E-state index in [0.29, 0.717) is 0 Å². The highest BCUT2D eigenvalue weighted by molar-refractivity contribution is 7.06. The number of hydrogen-bond donors (Lipinski definition) is 0. The van der Waals surface area contributed by atoms with E-state index < -0.39 is 8.11 Å². The molecule has 0 saturated carbocycles. The van der Waals surface area contributed by atoms with Crippen LogP contribution in [0.3, 0.4) is 0 Å². The Morgan fingerprint density at radius 2 is 1.60 bits per heavy atom. The first-order valence-corrected chi connectivity index (χ1v) is 9.94.